The van der Waals surface area contributed by atoms with Crippen molar-refractivity contribution in [3.8, 4) is 0 Å². The summed E-state index contributed by atoms with van der Waals surface area (Å²) in [5.41, 5.74) is 0.129. The molecule has 0 bridgehead atoms. The SMILES string of the molecule is CCC1CCC(C(=O)NCCNC(C)(C)C)CC1. The van der Waals surface area contributed by atoms with Crippen LogP contribution in [0.5, 0.6) is 0 Å². The van der Waals surface area contributed by atoms with Gasteiger partial charge in [0.15, 0.2) is 0 Å². The zero-order chi connectivity index (χ0) is 13.6. The summed E-state index contributed by atoms with van der Waals surface area (Å²) in [6, 6.07) is 0. The van der Waals surface area contributed by atoms with Crippen molar-refractivity contribution in [2.75, 3.05) is 13.1 Å². The molecule has 0 aromatic rings. The number of hydrogen-bond donors (Lipinski definition) is 2. The van der Waals surface area contributed by atoms with E-state index in [1.807, 2.05) is 0 Å². The Morgan fingerprint density at radius 2 is 1.72 bits per heavy atom. The first kappa shape index (κ1) is 15.5. The van der Waals surface area contributed by atoms with E-state index in [-0.39, 0.29) is 17.4 Å². The van der Waals surface area contributed by atoms with E-state index in [2.05, 4.69) is 38.3 Å². The highest BCUT2D eigenvalue weighted by Gasteiger charge is 2.25. The molecule has 0 aromatic carbocycles. The molecule has 0 saturated heterocycles. The van der Waals surface area contributed by atoms with Crippen molar-refractivity contribution >= 4 is 5.91 Å². The van der Waals surface area contributed by atoms with Crippen LogP contribution in [0.15, 0.2) is 0 Å². The molecule has 18 heavy (non-hydrogen) atoms. The average molecular weight is 254 g/mol. The summed E-state index contributed by atoms with van der Waals surface area (Å²) in [5.74, 6) is 1.39. The van der Waals surface area contributed by atoms with E-state index >= 15 is 0 Å². The molecule has 0 aromatic heterocycles. The maximum Gasteiger partial charge on any atom is 0.223 e. The van der Waals surface area contributed by atoms with Crippen LogP contribution in [0.2, 0.25) is 0 Å². The second-order valence-electron chi connectivity index (χ2n) is 6.59. The molecule has 3 heteroatoms. The molecule has 1 aliphatic rings. The monoisotopic (exact) mass is 254 g/mol. The van der Waals surface area contributed by atoms with E-state index in [4.69, 9.17) is 0 Å². The Hall–Kier alpha value is -0.570. The topological polar surface area (TPSA) is 41.1 Å². The molecule has 1 rings (SSSR count). The highest BCUT2D eigenvalue weighted by molar-refractivity contribution is 5.78. The lowest BCUT2D eigenvalue weighted by atomic mass is 9.80. The van der Waals surface area contributed by atoms with E-state index in [9.17, 15) is 4.79 Å². The summed E-state index contributed by atoms with van der Waals surface area (Å²) in [6.45, 7) is 10.3. The number of nitrogens with one attached hydrogen (secondary N) is 2. The zero-order valence-corrected chi connectivity index (χ0v) is 12.5. The Balaban J connectivity index is 2.14. The van der Waals surface area contributed by atoms with Crippen LogP contribution in [0, 0.1) is 11.8 Å². The van der Waals surface area contributed by atoms with Crippen LogP contribution in [0.1, 0.15) is 59.8 Å². The van der Waals surface area contributed by atoms with Gasteiger partial charge in [-0.2, -0.15) is 0 Å². The number of carbonyl (C=O) groups is 1. The summed E-state index contributed by atoms with van der Waals surface area (Å²) >= 11 is 0. The van der Waals surface area contributed by atoms with Gasteiger partial charge in [0.2, 0.25) is 5.91 Å². The van der Waals surface area contributed by atoms with Crippen molar-refractivity contribution < 1.29 is 4.79 Å². The molecule has 1 saturated carbocycles. The molecule has 0 aliphatic heterocycles. The molecular weight excluding hydrogens is 224 g/mol. The van der Waals surface area contributed by atoms with Crippen LogP contribution in [-0.2, 0) is 4.79 Å². The Kier molecular flexibility index (Phi) is 6.13. The third-order valence-electron chi connectivity index (χ3n) is 3.87. The minimum Gasteiger partial charge on any atom is -0.355 e. The van der Waals surface area contributed by atoms with Gasteiger partial charge in [-0.05, 0) is 52.4 Å². The fourth-order valence-electron chi connectivity index (χ4n) is 2.60. The normalized spacial score (nSPS) is 24.9. The van der Waals surface area contributed by atoms with Crippen molar-refractivity contribution in [1.82, 2.24) is 10.6 Å². The smallest absolute Gasteiger partial charge is 0.223 e. The van der Waals surface area contributed by atoms with Gasteiger partial charge in [0.05, 0.1) is 0 Å². The predicted octanol–water partition coefficient (Wildman–Crippen LogP) is 2.71. The van der Waals surface area contributed by atoms with Gasteiger partial charge >= 0.3 is 0 Å². The van der Waals surface area contributed by atoms with Crippen molar-refractivity contribution in [2.24, 2.45) is 11.8 Å². The van der Waals surface area contributed by atoms with Crippen molar-refractivity contribution in [1.29, 1.82) is 0 Å². The van der Waals surface area contributed by atoms with Crippen LogP contribution >= 0.6 is 0 Å². The Morgan fingerprint density at radius 3 is 2.22 bits per heavy atom. The Labute approximate surface area is 112 Å². The zero-order valence-electron chi connectivity index (χ0n) is 12.5. The molecule has 0 atom stereocenters. The Bertz CT molecular complexity index is 250. The lowest BCUT2D eigenvalue weighted by molar-refractivity contribution is -0.126. The van der Waals surface area contributed by atoms with E-state index in [1.54, 1.807) is 0 Å². The van der Waals surface area contributed by atoms with Gasteiger partial charge < -0.3 is 10.6 Å². The fraction of sp³-hybridized carbons (Fsp3) is 0.933. The maximum atomic E-state index is 12.0. The van der Waals surface area contributed by atoms with Gasteiger partial charge in [-0.15, -0.1) is 0 Å². The van der Waals surface area contributed by atoms with Crippen molar-refractivity contribution in [3.63, 3.8) is 0 Å². The first-order chi connectivity index (χ1) is 8.42. The highest BCUT2D eigenvalue weighted by Crippen LogP contribution is 2.30. The third-order valence-corrected chi connectivity index (χ3v) is 3.87. The summed E-state index contributed by atoms with van der Waals surface area (Å²) in [6.07, 6.45) is 5.89. The van der Waals surface area contributed by atoms with Crippen LogP contribution in [0.25, 0.3) is 0 Å². The number of rotatable bonds is 5. The summed E-state index contributed by atoms with van der Waals surface area (Å²) in [7, 11) is 0. The molecule has 106 valence electrons. The lowest BCUT2D eigenvalue weighted by Gasteiger charge is -2.27. The molecular formula is C15H30N2O. The number of amides is 1. The van der Waals surface area contributed by atoms with Crippen molar-refractivity contribution in [2.45, 2.75) is 65.3 Å². The highest BCUT2D eigenvalue weighted by atomic mass is 16.1. The molecule has 1 aliphatic carbocycles. The molecule has 3 nitrogen and oxygen atoms in total. The molecule has 2 N–H and O–H groups in total. The molecule has 0 radical (unpaired) electrons. The molecule has 1 fully saturated rings. The van der Waals surface area contributed by atoms with Crippen LogP contribution in [-0.4, -0.2) is 24.5 Å². The lowest BCUT2D eigenvalue weighted by Crippen LogP contribution is -2.42. The largest absolute Gasteiger partial charge is 0.355 e. The molecule has 0 unspecified atom stereocenters. The van der Waals surface area contributed by atoms with Gasteiger partial charge in [0.1, 0.15) is 0 Å². The van der Waals surface area contributed by atoms with E-state index in [0.29, 0.717) is 0 Å². The Morgan fingerprint density at radius 1 is 1.11 bits per heavy atom. The van der Waals surface area contributed by atoms with Gasteiger partial charge in [-0.25, -0.2) is 0 Å². The minimum absolute atomic E-state index is 0.129. The maximum absolute atomic E-state index is 12.0. The standard InChI is InChI=1S/C15H30N2O/c1-5-12-6-8-13(9-7-12)14(18)16-10-11-17-15(2,3)4/h12-13,17H,5-11H2,1-4H3,(H,16,18). The molecule has 1 amide bonds. The molecule has 0 heterocycles. The van der Waals surface area contributed by atoms with Crippen LogP contribution in [0.3, 0.4) is 0 Å². The van der Waals surface area contributed by atoms with E-state index in [0.717, 1.165) is 31.8 Å². The second-order valence-corrected chi connectivity index (χ2v) is 6.59. The first-order valence-corrected chi connectivity index (χ1v) is 7.45. The molecule has 0 spiro atoms. The second kappa shape index (κ2) is 7.13. The summed E-state index contributed by atoms with van der Waals surface area (Å²) in [4.78, 5) is 12.0. The number of carbonyl (C=O) groups excluding carboxylic acids is 1. The first-order valence-electron chi connectivity index (χ1n) is 7.45. The minimum atomic E-state index is 0.129. The quantitative estimate of drug-likeness (QED) is 0.741. The third kappa shape index (κ3) is 5.85. The van der Waals surface area contributed by atoms with E-state index < -0.39 is 0 Å². The summed E-state index contributed by atoms with van der Waals surface area (Å²) < 4.78 is 0. The van der Waals surface area contributed by atoms with Gasteiger partial charge in [0.25, 0.3) is 0 Å². The summed E-state index contributed by atoms with van der Waals surface area (Å²) in [5, 5.41) is 6.44. The van der Waals surface area contributed by atoms with Gasteiger partial charge in [-0.3, -0.25) is 4.79 Å². The van der Waals surface area contributed by atoms with Gasteiger partial charge in [-0.1, -0.05) is 13.3 Å². The van der Waals surface area contributed by atoms with Crippen LogP contribution in [0.4, 0.5) is 0 Å². The van der Waals surface area contributed by atoms with E-state index in [1.165, 1.54) is 19.3 Å². The van der Waals surface area contributed by atoms with Gasteiger partial charge in [0, 0.05) is 24.5 Å². The predicted molar refractivity (Wildman–Crippen MR) is 76.5 cm³/mol. The van der Waals surface area contributed by atoms with Crippen molar-refractivity contribution in [3.05, 3.63) is 0 Å². The number of hydrogen-bond acceptors (Lipinski definition) is 2. The van der Waals surface area contributed by atoms with Crippen LogP contribution < -0.4 is 10.6 Å². The average Bonchev–Trinajstić information content (AvgIpc) is 2.33. The fourth-order valence-corrected chi connectivity index (χ4v) is 2.60.